The first-order valence-corrected chi connectivity index (χ1v) is 5.92. The molecule has 0 aromatic heterocycles. The van der Waals surface area contributed by atoms with E-state index in [0.29, 0.717) is 5.92 Å². The smallest absolute Gasteiger partial charge is 0.311 e. The molecule has 0 unspecified atom stereocenters. The van der Waals surface area contributed by atoms with E-state index in [4.69, 9.17) is 4.74 Å². The van der Waals surface area contributed by atoms with Gasteiger partial charge in [0.25, 0.3) is 0 Å². The second-order valence-electron chi connectivity index (χ2n) is 6.14. The highest BCUT2D eigenvalue weighted by molar-refractivity contribution is 5.76. The molecule has 2 nitrogen and oxygen atoms in total. The van der Waals surface area contributed by atoms with Crippen molar-refractivity contribution in [3.63, 3.8) is 0 Å². The third-order valence-electron chi connectivity index (χ3n) is 4.52. The first-order chi connectivity index (χ1) is 7.15. The van der Waals surface area contributed by atoms with Crippen LogP contribution in [0.25, 0.3) is 0 Å². The first-order valence-electron chi connectivity index (χ1n) is 5.92. The molecule has 0 heterocycles. The molecule has 16 heavy (non-hydrogen) atoms. The van der Waals surface area contributed by atoms with Crippen molar-refractivity contribution in [1.29, 1.82) is 0 Å². The number of hydrogen-bond donors (Lipinski definition) is 0. The number of carbonyl (C=O) groups excluding carboxylic acids is 1. The molecule has 1 aliphatic rings. The van der Waals surface area contributed by atoms with E-state index < -0.39 is 5.41 Å². The largest absolute Gasteiger partial charge is 0.469 e. The lowest BCUT2D eigenvalue weighted by Gasteiger charge is -2.40. The topological polar surface area (TPSA) is 26.3 Å². The van der Waals surface area contributed by atoms with E-state index in [2.05, 4.69) is 33.8 Å². The zero-order chi connectivity index (χ0) is 12.7. The Balaban J connectivity index is 3.11. The Morgan fingerprint density at radius 1 is 1.44 bits per heavy atom. The molecule has 2 heteroatoms. The zero-order valence-electron chi connectivity index (χ0n) is 11.5. The minimum Gasteiger partial charge on any atom is -0.469 e. The van der Waals surface area contributed by atoms with Crippen molar-refractivity contribution in [1.82, 2.24) is 0 Å². The van der Waals surface area contributed by atoms with Gasteiger partial charge in [-0.1, -0.05) is 32.4 Å². The zero-order valence-corrected chi connectivity index (χ0v) is 11.5. The van der Waals surface area contributed by atoms with Gasteiger partial charge in [-0.05, 0) is 38.0 Å². The van der Waals surface area contributed by atoms with Gasteiger partial charge in [-0.2, -0.15) is 0 Å². The maximum Gasteiger partial charge on any atom is 0.311 e. The summed E-state index contributed by atoms with van der Waals surface area (Å²) < 4.78 is 4.92. The fraction of sp³-hybridized carbons (Fsp3) is 0.786. The molecule has 1 aliphatic carbocycles. The summed E-state index contributed by atoms with van der Waals surface area (Å²) in [5.41, 5.74) is 1.04. The summed E-state index contributed by atoms with van der Waals surface area (Å²) in [6.07, 6.45) is 2.25. The molecular formula is C14H24O2. The molecule has 0 N–H and O–H groups in total. The van der Waals surface area contributed by atoms with Crippen LogP contribution in [-0.4, -0.2) is 13.1 Å². The van der Waals surface area contributed by atoms with Crippen LogP contribution in [0.1, 0.15) is 41.5 Å². The molecule has 0 radical (unpaired) electrons. The quantitative estimate of drug-likeness (QED) is 0.530. The lowest BCUT2D eigenvalue weighted by Crippen LogP contribution is -2.41. The second kappa shape index (κ2) is 3.90. The molecular weight excluding hydrogens is 200 g/mol. The fourth-order valence-corrected chi connectivity index (χ4v) is 3.01. The molecule has 0 aromatic rings. The van der Waals surface area contributed by atoms with E-state index in [1.165, 1.54) is 12.7 Å². The summed E-state index contributed by atoms with van der Waals surface area (Å²) in [7, 11) is 1.46. The van der Waals surface area contributed by atoms with Gasteiger partial charge in [0, 0.05) is 0 Å². The molecule has 2 atom stereocenters. The Kier molecular flexibility index (Phi) is 3.24. The van der Waals surface area contributed by atoms with Crippen LogP contribution >= 0.6 is 0 Å². The van der Waals surface area contributed by atoms with Crippen LogP contribution < -0.4 is 0 Å². The minimum atomic E-state index is -0.454. The lowest BCUT2D eigenvalue weighted by atomic mass is 9.64. The predicted molar refractivity (Wildman–Crippen MR) is 66.0 cm³/mol. The van der Waals surface area contributed by atoms with Gasteiger partial charge in [-0.15, -0.1) is 0 Å². The summed E-state index contributed by atoms with van der Waals surface area (Å²) >= 11 is 0. The molecule has 0 saturated carbocycles. The second-order valence-corrected chi connectivity index (χ2v) is 6.14. The Morgan fingerprint density at radius 2 is 1.94 bits per heavy atom. The maximum absolute atomic E-state index is 11.9. The molecule has 0 spiro atoms. The molecule has 0 bridgehead atoms. The van der Waals surface area contributed by atoms with Crippen molar-refractivity contribution in [2.45, 2.75) is 41.5 Å². The van der Waals surface area contributed by atoms with E-state index in [9.17, 15) is 4.79 Å². The van der Waals surface area contributed by atoms with Crippen LogP contribution in [0.15, 0.2) is 11.6 Å². The van der Waals surface area contributed by atoms with Crippen LogP contribution in [0.5, 0.6) is 0 Å². The van der Waals surface area contributed by atoms with E-state index in [0.717, 1.165) is 0 Å². The normalized spacial score (nSPS) is 28.8. The first kappa shape index (κ1) is 13.3. The van der Waals surface area contributed by atoms with Gasteiger partial charge in [-0.25, -0.2) is 0 Å². The molecule has 0 amide bonds. The van der Waals surface area contributed by atoms with Crippen molar-refractivity contribution in [2.75, 3.05) is 7.11 Å². The van der Waals surface area contributed by atoms with Crippen molar-refractivity contribution in [3.05, 3.63) is 11.6 Å². The number of esters is 1. The van der Waals surface area contributed by atoms with Gasteiger partial charge in [0.1, 0.15) is 0 Å². The highest BCUT2D eigenvalue weighted by Gasteiger charge is 2.50. The van der Waals surface area contributed by atoms with Crippen LogP contribution in [0.2, 0.25) is 0 Å². The Hall–Kier alpha value is -0.790. The van der Waals surface area contributed by atoms with Crippen molar-refractivity contribution in [3.8, 4) is 0 Å². The van der Waals surface area contributed by atoms with E-state index in [1.807, 2.05) is 13.8 Å². The molecule has 92 valence electrons. The number of allylic oxidation sites excluding steroid dienone is 2. The Morgan fingerprint density at radius 3 is 2.25 bits per heavy atom. The number of ether oxygens (including phenoxy) is 1. The van der Waals surface area contributed by atoms with Crippen LogP contribution in [0, 0.1) is 22.7 Å². The third kappa shape index (κ3) is 1.79. The van der Waals surface area contributed by atoms with Gasteiger partial charge in [-0.3, -0.25) is 4.79 Å². The molecule has 1 rings (SSSR count). The molecule has 0 fully saturated rings. The fourth-order valence-electron chi connectivity index (χ4n) is 3.01. The van der Waals surface area contributed by atoms with E-state index in [-0.39, 0.29) is 17.3 Å². The van der Waals surface area contributed by atoms with E-state index in [1.54, 1.807) is 0 Å². The summed E-state index contributed by atoms with van der Waals surface area (Å²) in [4.78, 5) is 11.9. The standard InChI is InChI=1S/C14H24O2/c1-9-8-11(13(3,4)10(9)2)14(5,6)12(15)16-7/h8,10-11H,1-7H3/t10-,11-/m0/s1. The van der Waals surface area contributed by atoms with Crippen molar-refractivity contribution < 1.29 is 9.53 Å². The SMILES string of the molecule is COC(=O)C(C)(C)[C@H]1C=C(C)[C@H](C)C1(C)C. The van der Waals surface area contributed by atoms with Gasteiger partial charge in [0.2, 0.25) is 0 Å². The summed E-state index contributed by atoms with van der Waals surface area (Å²) in [5, 5.41) is 0. The van der Waals surface area contributed by atoms with Gasteiger partial charge in [0.15, 0.2) is 0 Å². The maximum atomic E-state index is 11.9. The summed E-state index contributed by atoms with van der Waals surface area (Å²) in [6, 6.07) is 0. The lowest BCUT2D eigenvalue weighted by molar-refractivity contribution is -0.155. The molecule has 0 aliphatic heterocycles. The van der Waals surface area contributed by atoms with Crippen LogP contribution in [-0.2, 0) is 9.53 Å². The van der Waals surface area contributed by atoms with Gasteiger partial charge < -0.3 is 4.74 Å². The average Bonchev–Trinajstić information content (AvgIpc) is 2.41. The van der Waals surface area contributed by atoms with Gasteiger partial charge in [0.05, 0.1) is 12.5 Å². The monoisotopic (exact) mass is 224 g/mol. The number of rotatable bonds is 2. The Bertz CT molecular complexity index is 324. The minimum absolute atomic E-state index is 0.113. The summed E-state index contributed by atoms with van der Waals surface area (Å²) in [5.74, 6) is 0.632. The van der Waals surface area contributed by atoms with Crippen LogP contribution in [0.4, 0.5) is 0 Å². The van der Waals surface area contributed by atoms with Crippen LogP contribution in [0.3, 0.4) is 0 Å². The Labute approximate surface area is 99.1 Å². The highest BCUT2D eigenvalue weighted by atomic mass is 16.5. The molecule has 0 saturated heterocycles. The van der Waals surface area contributed by atoms with E-state index >= 15 is 0 Å². The number of carbonyl (C=O) groups is 1. The number of hydrogen-bond acceptors (Lipinski definition) is 2. The number of methoxy groups -OCH3 is 1. The third-order valence-corrected chi connectivity index (χ3v) is 4.52. The molecule has 0 aromatic carbocycles. The van der Waals surface area contributed by atoms with Gasteiger partial charge >= 0.3 is 5.97 Å². The predicted octanol–water partition coefficient (Wildman–Crippen LogP) is 3.42. The average molecular weight is 224 g/mol. The highest BCUT2D eigenvalue weighted by Crippen LogP contribution is 2.53. The summed E-state index contributed by atoms with van der Waals surface area (Å²) in [6.45, 7) is 12.8. The van der Waals surface area contributed by atoms with Crippen molar-refractivity contribution in [2.24, 2.45) is 22.7 Å². The van der Waals surface area contributed by atoms with Crippen molar-refractivity contribution >= 4 is 5.97 Å².